The van der Waals surface area contributed by atoms with Crippen molar-refractivity contribution in [3.63, 3.8) is 0 Å². The van der Waals surface area contributed by atoms with Crippen molar-refractivity contribution in [3.05, 3.63) is 47.2 Å². The molecule has 3 aliphatic heterocycles. The van der Waals surface area contributed by atoms with E-state index in [4.69, 9.17) is 10.5 Å². The SMILES string of the molecule is COc1cccc(N2CC/C(=C\C3=C(C(=O)O)N4C(=O)[C@@H](N)[C@H]4SC3)C2=O)c1. The van der Waals surface area contributed by atoms with Crippen molar-refractivity contribution in [2.45, 2.75) is 17.8 Å². The van der Waals surface area contributed by atoms with Crippen molar-refractivity contribution >= 4 is 35.2 Å². The molecule has 0 aliphatic carbocycles. The number of fused-ring (bicyclic) bond motifs is 1. The quantitative estimate of drug-likeness (QED) is 0.570. The number of anilines is 1. The normalized spacial score (nSPS) is 25.9. The molecule has 2 fully saturated rings. The Morgan fingerprint density at radius 1 is 1.39 bits per heavy atom. The molecule has 2 atom stereocenters. The van der Waals surface area contributed by atoms with Crippen LogP contribution in [0.4, 0.5) is 5.69 Å². The first-order chi connectivity index (χ1) is 13.4. The minimum atomic E-state index is -1.19. The number of carboxylic acid groups (broad SMARTS) is 1. The summed E-state index contributed by atoms with van der Waals surface area (Å²) in [7, 11) is 1.56. The first kappa shape index (κ1) is 18.6. The van der Waals surface area contributed by atoms with Gasteiger partial charge in [0.15, 0.2) is 0 Å². The number of hydrogen-bond acceptors (Lipinski definition) is 6. The number of β-lactam (4-membered cyclic amide) rings is 1. The third kappa shape index (κ3) is 2.87. The summed E-state index contributed by atoms with van der Waals surface area (Å²) in [4.78, 5) is 39.6. The topological polar surface area (TPSA) is 113 Å². The highest BCUT2D eigenvalue weighted by Gasteiger charge is 2.51. The fraction of sp³-hybridized carbons (Fsp3) is 0.316. The van der Waals surface area contributed by atoms with Gasteiger partial charge in [-0.05, 0) is 30.2 Å². The fourth-order valence-electron chi connectivity index (χ4n) is 3.63. The number of carbonyl (C=O) groups excluding carboxylic acids is 2. The van der Waals surface area contributed by atoms with E-state index in [1.54, 1.807) is 30.2 Å². The molecule has 0 aromatic heterocycles. The molecule has 0 radical (unpaired) electrons. The number of carbonyl (C=O) groups is 3. The van der Waals surface area contributed by atoms with E-state index < -0.39 is 17.9 Å². The second-order valence-corrected chi connectivity index (χ2v) is 7.80. The Morgan fingerprint density at radius 3 is 2.89 bits per heavy atom. The summed E-state index contributed by atoms with van der Waals surface area (Å²) in [5.74, 6) is -0.723. The van der Waals surface area contributed by atoms with Gasteiger partial charge in [-0.2, -0.15) is 0 Å². The minimum Gasteiger partial charge on any atom is -0.497 e. The third-order valence-electron chi connectivity index (χ3n) is 5.08. The van der Waals surface area contributed by atoms with Crippen LogP contribution < -0.4 is 15.4 Å². The van der Waals surface area contributed by atoms with Crippen molar-refractivity contribution in [1.29, 1.82) is 0 Å². The van der Waals surface area contributed by atoms with Crippen molar-refractivity contribution in [1.82, 2.24) is 4.90 Å². The van der Waals surface area contributed by atoms with E-state index in [9.17, 15) is 19.5 Å². The van der Waals surface area contributed by atoms with Crippen LogP contribution in [0, 0.1) is 0 Å². The maximum absolute atomic E-state index is 12.9. The molecule has 2 amide bonds. The van der Waals surface area contributed by atoms with Crippen molar-refractivity contribution in [2.24, 2.45) is 5.73 Å². The van der Waals surface area contributed by atoms with Gasteiger partial charge in [0.2, 0.25) is 5.91 Å². The van der Waals surface area contributed by atoms with Crippen LogP contribution >= 0.6 is 11.8 Å². The summed E-state index contributed by atoms with van der Waals surface area (Å²) >= 11 is 1.41. The molecular formula is C19H19N3O5S. The molecule has 1 aromatic carbocycles. The first-order valence-corrected chi connectivity index (χ1v) is 9.80. The second-order valence-electron chi connectivity index (χ2n) is 6.69. The van der Waals surface area contributed by atoms with E-state index in [0.717, 1.165) is 5.69 Å². The number of thioether (sulfide) groups is 1. The number of carboxylic acids is 1. The Morgan fingerprint density at radius 2 is 2.18 bits per heavy atom. The summed E-state index contributed by atoms with van der Waals surface area (Å²) in [5.41, 5.74) is 7.40. The van der Waals surface area contributed by atoms with E-state index >= 15 is 0 Å². The molecule has 0 unspecified atom stereocenters. The number of methoxy groups -OCH3 is 1. The molecule has 4 rings (SSSR count). The van der Waals surface area contributed by atoms with Crippen LogP contribution in [0.15, 0.2) is 47.2 Å². The minimum absolute atomic E-state index is 0.0735. The van der Waals surface area contributed by atoms with Gasteiger partial charge in [-0.25, -0.2) is 4.79 Å². The molecule has 3 N–H and O–H groups in total. The molecule has 1 aromatic rings. The summed E-state index contributed by atoms with van der Waals surface area (Å²) in [6, 6.07) is 6.54. The number of benzene rings is 1. The average molecular weight is 401 g/mol. The molecule has 3 heterocycles. The van der Waals surface area contributed by atoms with Gasteiger partial charge in [0.1, 0.15) is 22.9 Å². The molecule has 28 heavy (non-hydrogen) atoms. The van der Waals surface area contributed by atoms with E-state index in [1.165, 1.54) is 16.7 Å². The average Bonchev–Trinajstić information content (AvgIpc) is 3.07. The highest BCUT2D eigenvalue weighted by molar-refractivity contribution is 8.00. The van der Waals surface area contributed by atoms with Gasteiger partial charge in [-0.3, -0.25) is 14.5 Å². The summed E-state index contributed by atoms with van der Waals surface area (Å²) in [5, 5.41) is 9.27. The lowest BCUT2D eigenvalue weighted by molar-refractivity contribution is -0.147. The van der Waals surface area contributed by atoms with Gasteiger partial charge >= 0.3 is 5.97 Å². The first-order valence-electron chi connectivity index (χ1n) is 8.75. The number of ether oxygens (including phenoxy) is 1. The highest BCUT2D eigenvalue weighted by Crippen LogP contribution is 2.40. The summed E-state index contributed by atoms with van der Waals surface area (Å²) < 4.78 is 5.21. The predicted molar refractivity (Wildman–Crippen MR) is 104 cm³/mol. The molecule has 3 aliphatic rings. The van der Waals surface area contributed by atoms with Crippen molar-refractivity contribution in [2.75, 3.05) is 24.3 Å². The largest absolute Gasteiger partial charge is 0.497 e. The number of allylic oxidation sites excluding steroid dienone is 1. The molecule has 0 saturated carbocycles. The Labute approximate surface area is 165 Å². The Bertz CT molecular complexity index is 941. The Kier molecular flexibility index (Phi) is 4.64. The van der Waals surface area contributed by atoms with E-state index in [1.807, 2.05) is 12.1 Å². The lowest BCUT2D eigenvalue weighted by Gasteiger charge is -2.47. The van der Waals surface area contributed by atoms with E-state index in [0.29, 0.717) is 35.6 Å². The van der Waals surface area contributed by atoms with Crippen LogP contribution in [0.3, 0.4) is 0 Å². The monoisotopic (exact) mass is 401 g/mol. The Hall–Kier alpha value is -2.78. The number of aliphatic carboxylic acids is 1. The van der Waals surface area contributed by atoms with Crippen LogP contribution in [0.5, 0.6) is 5.75 Å². The smallest absolute Gasteiger partial charge is 0.352 e. The van der Waals surface area contributed by atoms with Gasteiger partial charge in [-0.1, -0.05) is 6.07 Å². The second kappa shape index (κ2) is 6.99. The molecule has 9 heteroatoms. The maximum Gasteiger partial charge on any atom is 0.352 e. The lowest BCUT2D eigenvalue weighted by atomic mass is 10.0. The van der Waals surface area contributed by atoms with Crippen molar-refractivity contribution in [3.8, 4) is 5.75 Å². The molecular weight excluding hydrogens is 382 g/mol. The van der Waals surface area contributed by atoms with E-state index in [2.05, 4.69) is 0 Å². The van der Waals surface area contributed by atoms with Gasteiger partial charge < -0.3 is 20.5 Å². The zero-order chi connectivity index (χ0) is 20.0. The highest BCUT2D eigenvalue weighted by atomic mass is 32.2. The zero-order valence-corrected chi connectivity index (χ0v) is 15.9. The summed E-state index contributed by atoms with van der Waals surface area (Å²) in [6.45, 7) is 0.497. The predicted octanol–water partition coefficient (Wildman–Crippen LogP) is 0.939. The lowest BCUT2D eigenvalue weighted by Crippen LogP contribution is -2.68. The van der Waals surface area contributed by atoms with Gasteiger partial charge in [-0.15, -0.1) is 11.8 Å². The van der Waals surface area contributed by atoms with Crippen LogP contribution in [0.1, 0.15) is 6.42 Å². The molecule has 0 spiro atoms. The Balaban J connectivity index is 1.64. The number of rotatable bonds is 4. The molecule has 2 saturated heterocycles. The van der Waals surface area contributed by atoms with E-state index in [-0.39, 0.29) is 17.0 Å². The fourth-order valence-corrected chi connectivity index (χ4v) is 4.89. The number of nitrogens with zero attached hydrogens (tertiary/aromatic N) is 2. The van der Waals surface area contributed by atoms with Crippen LogP contribution in [-0.2, 0) is 14.4 Å². The summed E-state index contributed by atoms with van der Waals surface area (Å²) in [6.07, 6.45) is 2.11. The zero-order valence-electron chi connectivity index (χ0n) is 15.1. The molecule has 8 nitrogen and oxygen atoms in total. The molecule has 0 bridgehead atoms. The number of amides is 2. The van der Waals surface area contributed by atoms with Crippen LogP contribution in [0.25, 0.3) is 0 Å². The van der Waals surface area contributed by atoms with Crippen LogP contribution in [0.2, 0.25) is 0 Å². The van der Waals surface area contributed by atoms with Crippen molar-refractivity contribution < 1.29 is 24.2 Å². The standard InChI is InChI=1S/C19H19N3O5S/c1-27-13-4-2-3-12(8-13)21-6-5-10(16(21)23)7-11-9-28-18-14(20)17(24)22(18)15(11)19(25)26/h2-4,7-8,14,18H,5-6,9,20H2,1H3,(H,25,26)/b10-7+/t14-,18-/m1/s1. The third-order valence-corrected chi connectivity index (χ3v) is 6.40. The number of nitrogens with two attached hydrogens (primary N) is 1. The molecule has 146 valence electrons. The van der Waals surface area contributed by atoms with Gasteiger partial charge in [0.05, 0.1) is 7.11 Å². The maximum atomic E-state index is 12.9. The number of hydrogen-bond donors (Lipinski definition) is 2. The van der Waals surface area contributed by atoms with Gasteiger partial charge in [0, 0.05) is 29.6 Å². The van der Waals surface area contributed by atoms with Gasteiger partial charge in [0.25, 0.3) is 5.91 Å². The van der Waals surface area contributed by atoms with Crippen LogP contribution in [-0.4, -0.2) is 58.6 Å².